The van der Waals surface area contributed by atoms with Gasteiger partial charge in [-0.1, -0.05) is 54.6 Å². The first-order valence-corrected chi connectivity index (χ1v) is 9.74. The van der Waals surface area contributed by atoms with Crippen LogP contribution < -0.4 is 16.0 Å². The van der Waals surface area contributed by atoms with Crippen LogP contribution in [-0.4, -0.2) is 29.7 Å². The molecule has 4 N–H and O–H groups in total. The van der Waals surface area contributed by atoms with E-state index in [9.17, 15) is 14.7 Å². The maximum Gasteiger partial charge on any atom is 0.319 e. The van der Waals surface area contributed by atoms with E-state index in [1.807, 2.05) is 55.5 Å². The molecule has 1 atom stereocenters. The third kappa shape index (κ3) is 5.93. The van der Waals surface area contributed by atoms with Crippen LogP contribution in [0, 0.1) is 6.92 Å². The molecule has 6 nitrogen and oxygen atoms in total. The molecule has 0 aliphatic heterocycles. The zero-order valence-corrected chi connectivity index (χ0v) is 16.8. The van der Waals surface area contributed by atoms with Gasteiger partial charge < -0.3 is 21.1 Å². The molecule has 0 bridgehead atoms. The van der Waals surface area contributed by atoms with Crippen LogP contribution in [0.15, 0.2) is 78.9 Å². The van der Waals surface area contributed by atoms with Gasteiger partial charge in [0.2, 0.25) is 0 Å². The third-order valence-electron chi connectivity index (χ3n) is 4.66. The first-order valence-electron chi connectivity index (χ1n) is 9.74. The molecule has 3 aromatic rings. The number of nitrogens with one attached hydrogen (secondary N) is 3. The Labute approximate surface area is 176 Å². The summed E-state index contributed by atoms with van der Waals surface area (Å²) in [4.78, 5) is 25.0. The van der Waals surface area contributed by atoms with Crippen LogP contribution in [0.25, 0.3) is 0 Å². The molecule has 0 aromatic heterocycles. The summed E-state index contributed by atoms with van der Waals surface area (Å²) in [7, 11) is 0. The fraction of sp³-hybridized carbons (Fsp3) is 0.167. The molecule has 0 saturated carbocycles. The molecule has 6 heteroatoms. The van der Waals surface area contributed by atoms with Crippen LogP contribution in [0.2, 0.25) is 0 Å². The minimum Gasteiger partial charge on any atom is -0.394 e. The topological polar surface area (TPSA) is 90.5 Å². The molecule has 1 unspecified atom stereocenters. The van der Waals surface area contributed by atoms with Crippen LogP contribution >= 0.6 is 0 Å². The van der Waals surface area contributed by atoms with Crippen molar-refractivity contribution in [3.63, 3.8) is 0 Å². The predicted molar refractivity (Wildman–Crippen MR) is 119 cm³/mol. The molecule has 30 heavy (non-hydrogen) atoms. The Morgan fingerprint density at radius 2 is 1.57 bits per heavy atom. The van der Waals surface area contributed by atoms with Gasteiger partial charge in [-0.25, -0.2) is 4.79 Å². The molecule has 154 valence electrons. The van der Waals surface area contributed by atoms with E-state index in [4.69, 9.17) is 0 Å². The van der Waals surface area contributed by atoms with Crippen molar-refractivity contribution in [2.24, 2.45) is 0 Å². The van der Waals surface area contributed by atoms with Crippen molar-refractivity contribution in [2.75, 3.05) is 17.2 Å². The summed E-state index contributed by atoms with van der Waals surface area (Å²) in [5.41, 5.74) is 3.51. The summed E-state index contributed by atoms with van der Waals surface area (Å²) in [5.74, 6) is -0.262. The number of benzene rings is 3. The van der Waals surface area contributed by atoms with E-state index in [2.05, 4.69) is 16.0 Å². The van der Waals surface area contributed by atoms with Crippen LogP contribution in [0.1, 0.15) is 21.5 Å². The quantitative estimate of drug-likeness (QED) is 0.481. The Kier molecular flexibility index (Phi) is 7.19. The number of rotatable bonds is 7. The molecule has 0 heterocycles. The zero-order chi connectivity index (χ0) is 21.3. The summed E-state index contributed by atoms with van der Waals surface area (Å²) in [6, 6.07) is 23.1. The van der Waals surface area contributed by atoms with E-state index in [0.29, 0.717) is 23.4 Å². The molecule has 0 saturated heterocycles. The molecule has 0 fully saturated rings. The number of aliphatic hydroxyl groups is 1. The van der Waals surface area contributed by atoms with Crippen LogP contribution in [-0.2, 0) is 6.42 Å². The molecule has 0 aliphatic carbocycles. The van der Waals surface area contributed by atoms with E-state index in [1.54, 1.807) is 30.3 Å². The third-order valence-corrected chi connectivity index (χ3v) is 4.66. The Morgan fingerprint density at radius 1 is 0.900 bits per heavy atom. The lowest BCUT2D eigenvalue weighted by atomic mass is 10.1. The van der Waals surface area contributed by atoms with Gasteiger partial charge in [0.1, 0.15) is 0 Å². The normalized spacial score (nSPS) is 11.4. The minimum absolute atomic E-state index is 0.180. The second-order valence-corrected chi connectivity index (χ2v) is 7.02. The number of aryl methyl sites for hydroxylation is 1. The molecule has 0 spiro atoms. The van der Waals surface area contributed by atoms with Crippen molar-refractivity contribution in [2.45, 2.75) is 19.4 Å². The van der Waals surface area contributed by atoms with Gasteiger partial charge in [-0.2, -0.15) is 0 Å². The van der Waals surface area contributed by atoms with Crippen molar-refractivity contribution in [3.05, 3.63) is 95.6 Å². The number of para-hydroxylation sites is 1. The number of aliphatic hydroxyl groups excluding tert-OH is 1. The standard InChI is InChI=1S/C24H25N3O3/c1-17-12-13-19(23(29)25-20-10-6-3-7-11-20)15-22(17)27-24(30)26-21(16-28)14-18-8-4-2-5-9-18/h2-13,15,21,28H,14,16H2,1H3,(H,25,29)(H2,26,27,30). The van der Waals surface area contributed by atoms with Gasteiger partial charge in [-0.15, -0.1) is 0 Å². The van der Waals surface area contributed by atoms with Gasteiger partial charge in [0.15, 0.2) is 0 Å². The van der Waals surface area contributed by atoms with E-state index < -0.39 is 12.1 Å². The monoisotopic (exact) mass is 403 g/mol. The van der Waals surface area contributed by atoms with Gasteiger partial charge >= 0.3 is 6.03 Å². The number of carbonyl (C=O) groups is 2. The summed E-state index contributed by atoms with van der Waals surface area (Å²) in [5, 5.41) is 18.0. The first-order chi connectivity index (χ1) is 14.5. The summed E-state index contributed by atoms with van der Waals surface area (Å²) < 4.78 is 0. The van der Waals surface area contributed by atoms with Gasteiger partial charge in [-0.05, 0) is 48.7 Å². The Hall–Kier alpha value is -3.64. The number of carbonyl (C=O) groups excluding carboxylic acids is 2. The number of hydrogen-bond donors (Lipinski definition) is 4. The Bertz CT molecular complexity index is 991. The second kappa shape index (κ2) is 10.2. The van der Waals surface area contributed by atoms with Gasteiger partial charge in [0.25, 0.3) is 5.91 Å². The van der Waals surface area contributed by atoms with Crippen LogP contribution in [0.4, 0.5) is 16.2 Å². The lowest BCUT2D eigenvalue weighted by molar-refractivity contribution is 0.102. The molecular weight excluding hydrogens is 378 g/mol. The predicted octanol–water partition coefficient (Wildman–Crippen LogP) is 3.97. The average molecular weight is 403 g/mol. The minimum atomic E-state index is -0.436. The van der Waals surface area contributed by atoms with Crippen molar-refractivity contribution in [1.82, 2.24) is 5.32 Å². The van der Waals surface area contributed by atoms with Crippen molar-refractivity contribution >= 4 is 23.3 Å². The lowest BCUT2D eigenvalue weighted by Gasteiger charge is -2.18. The number of urea groups is 1. The maximum absolute atomic E-state index is 12.5. The van der Waals surface area contributed by atoms with Gasteiger partial charge in [0.05, 0.1) is 12.6 Å². The number of anilines is 2. The highest BCUT2D eigenvalue weighted by atomic mass is 16.3. The smallest absolute Gasteiger partial charge is 0.319 e. The van der Waals surface area contributed by atoms with E-state index in [0.717, 1.165) is 11.1 Å². The SMILES string of the molecule is Cc1ccc(C(=O)Nc2ccccc2)cc1NC(=O)NC(CO)Cc1ccccc1. The molecule has 0 radical (unpaired) electrons. The second-order valence-electron chi connectivity index (χ2n) is 7.02. The zero-order valence-electron chi connectivity index (χ0n) is 16.8. The first kappa shape index (κ1) is 21.1. The van der Waals surface area contributed by atoms with E-state index >= 15 is 0 Å². The van der Waals surface area contributed by atoms with Crippen LogP contribution in [0.5, 0.6) is 0 Å². The number of hydrogen-bond acceptors (Lipinski definition) is 3. The van der Waals surface area contributed by atoms with E-state index in [-0.39, 0.29) is 12.5 Å². The van der Waals surface area contributed by atoms with Crippen molar-refractivity contribution < 1.29 is 14.7 Å². The summed E-state index contributed by atoms with van der Waals surface area (Å²) in [6.07, 6.45) is 0.517. The molecule has 0 aliphatic rings. The fourth-order valence-electron chi connectivity index (χ4n) is 3.03. The summed E-state index contributed by atoms with van der Waals surface area (Å²) in [6.45, 7) is 1.67. The molecule has 3 amide bonds. The molecule has 3 rings (SSSR count). The highest BCUT2D eigenvalue weighted by molar-refractivity contribution is 6.05. The van der Waals surface area contributed by atoms with Gasteiger partial charge in [0, 0.05) is 16.9 Å². The Morgan fingerprint density at radius 3 is 2.23 bits per heavy atom. The molecular formula is C24H25N3O3. The summed E-state index contributed by atoms with van der Waals surface area (Å²) >= 11 is 0. The lowest BCUT2D eigenvalue weighted by Crippen LogP contribution is -2.41. The van der Waals surface area contributed by atoms with Crippen molar-refractivity contribution in [3.8, 4) is 0 Å². The average Bonchev–Trinajstić information content (AvgIpc) is 2.76. The van der Waals surface area contributed by atoms with Gasteiger partial charge in [-0.3, -0.25) is 4.79 Å². The molecule has 3 aromatic carbocycles. The van der Waals surface area contributed by atoms with Crippen molar-refractivity contribution in [1.29, 1.82) is 0 Å². The highest BCUT2D eigenvalue weighted by Gasteiger charge is 2.14. The Balaban J connectivity index is 1.64. The largest absolute Gasteiger partial charge is 0.394 e. The fourth-order valence-corrected chi connectivity index (χ4v) is 3.03. The van der Waals surface area contributed by atoms with Crippen LogP contribution in [0.3, 0.4) is 0 Å². The van der Waals surface area contributed by atoms with E-state index in [1.165, 1.54) is 0 Å². The highest BCUT2D eigenvalue weighted by Crippen LogP contribution is 2.18. The number of amides is 3. The maximum atomic E-state index is 12.5.